The summed E-state index contributed by atoms with van der Waals surface area (Å²) in [5.74, 6) is 0.340. The fourth-order valence-electron chi connectivity index (χ4n) is 7.28. The van der Waals surface area contributed by atoms with Crippen LogP contribution in [0, 0.1) is 0 Å². The molecule has 1 aromatic heterocycles. The minimum Gasteiger partial charge on any atom is -0.341 e. The molecule has 9 heteroatoms. The Morgan fingerprint density at radius 3 is 2.38 bits per heavy atom. The third kappa shape index (κ3) is 5.49. The van der Waals surface area contributed by atoms with Gasteiger partial charge < -0.3 is 14.7 Å². The van der Waals surface area contributed by atoms with Gasteiger partial charge in [0.25, 0.3) is 12.3 Å². The SMILES string of the molecule is CC(=O)N1Cc2cc(C3CCN(C(=O)c4ccccc4)CC3)cc(N3CCCc4cc(-c5cnn(C)c5)c(C(F)F)cc43)c2C1. The first-order valence-corrected chi connectivity index (χ1v) is 15.7. The summed E-state index contributed by atoms with van der Waals surface area (Å²) in [6, 6.07) is 17.5. The van der Waals surface area contributed by atoms with Gasteiger partial charge in [0.15, 0.2) is 0 Å². The zero-order chi connectivity index (χ0) is 31.2. The monoisotopic (exact) mass is 609 g/mol. The van der Waals surface area contributed by atoms with Crippen LogP contribution >= 0.6 is 0 Å². The van der Waals surface area contributed by atoms with Crippen molar-refractivity contribution in [1.29, 1.82) is 0 Å². The summed E-state index contributed by atoms with van der Waals surface area (Å²) in [4.78, 5) is 31.6. The van der Waals surface area contributed by atoms with Gasteiger partial charge in [0.05, 0.1) is 6.20 Å². The van der Waals surface area contributed by atoms with Crippen molar-refractivity contribution in [2.45, 2.75) is 58.0 Å². The average Bonchev–Trinajstić information content (AvgIpc) is 3.70. The highest BCUT2D eigenvalue weighted by molar-refractivity contribution is 5.94. The van der Waals surface area contributed by atoms with Gasteiger partial charge in [0.2, 0.25) is 5.91 Å². The molecule has 4 heterocycles. The highest BCUT2D eigenvalue weighted by atomic mass is 19.3. The third-order valence-corrected chi connectivity index (χ3v) is 9.68. The van der Waals surface area contributed by atoms with Crippen LogP contribution in [-0.2, 0) is 31.4 Å². The van der Waals surface area contributed by atoms with E-state index in [2.05, 4.69) is 22.1 Å². The van der Waals surface area contributed by atoms with Crippen molar-refractivity contribution in [3.63, 3.8) is 0 Å². The molecule has 0 aliphatic carbocycles. The number of anilines is 2. The lowest BCUT2D eigenvalue weighted by Gasteiger charge is -2.36. The number of likely N-dealkylation sites (tertiary alicyclic amines) is 1. The number of rotatable bonds is 5. The number of halogens is 2. The number of alkyl halides is 2. The molecule has 0 atom stereocenters. The Balaban J connectivity index is 1.24. The summed E-state index contributed by atoms with van der Waals surface area (Å²) < 4.78 is 30.8. The summed E-state index contributed by atoms with van der Waals surface area (Å²) in [6.45, 7) is 4.70. The van der Waals surface area contributed by atoms with E-state index < -0.39 is 6.43 Å². The molecule has 1 fully saturated rings. The zero-order valence-electron chi connectivity index (χ0n) is 25.7. The molecule has 0 saturated carbocycles. The van der Waals surface area contributed by atoms with Crippen LogP contribution in [0.2, 0.25) is 0 Å². The molecule has 3 aliphatic rings. The van der Waals surface area contributed by atoms with E-state index in [1.807, 2.05) is 46.2 Å². The highest BCUT2D eigenvalue weighted by Gasteiger charge is 2.32. The Labute approximate surface area is 262 Å². The molecular weight excluding hydrogens is 572 g/mol. The van der Waals surface area contributed by atoms with Gasteiger partial charge in [0, 0.05) is 86.5 Å². The van der Waals surface area contributed by atoms with Gasteiger partial charge in [-0.15, -0.1) is 0 Å². The molecule has 0 radical (unpaired) electrons. The molecule has 0 N–H and O–H groups in total. The summed E-state index contributed by atoms with van der Waals surface area (Å²) in [6.07, 6.45) is 4.16. The second-order valence-corrected chi connectivity index (χ2v) is 12.5. The minimum absolute atomic E-state index is 0.00210. The van der Waals surface area contributed by atoms with Crippen LogP contribution in [0.3, 0.4) is 0 Å². The number of aromatic nitrogens is 2. The molecular formula is C36H37F2N5O2. The third-order valence-electron chi connectivity index (χ3n) is 9.68. The number of hydrogen-bond donors (Lipinski definition) is 0. The van der Waals surface area contributed by atoms with Crippen molar-refractivity contribution in [2.24, 2.45) is 7.05 Å². The second-order valence-electron chi connectivity index (χ2n) is 12.5. The number of carbonyl (C=O) groups is 2. The van der Waals surface area contributed by atoms with Gasteiger partial charge in [-0.3, -0.25) is 14.3 Å². The predicted molar refractivity (Wildman–Crippen MR) is 170 cm³/mol. The summed E-state index contributed by atoms with van der Waals surface area (Å²) >= 11 is 0. The van der Waals surface area contributed by atoms with Crippen molar-refractivity contribution in [2.75, 3.05) is 24.5 Å². The van der Waals surface area contributed by atoms with Crippen molar-refractivity contribution in [1.82, 2.24) is 19.6 Å². The summed E-state index contributed by atoms with van der Waals surface area (Å²) in [5.41, 5.74) is 8.18. The van der Waals surface area contributed by atoms with Gasteiger partial charge in [-0.1, -0.05) is 24.3 Å². The molecule has 3 aliphatic heterocycles. The molecule has 4 aromatic rings. The van der Waals surface area contributed by atoms with Gasteiger partial charge >= 0.3 is 0 Å². The normalized spacial score (nSPS) is 16.7. The van der Waals surface area contributed by atoms with Gasteiger partial charge in [-0.2, -0.15) is 5.10 Å². The lowest BCUT2D eigenvalue weighted by atomic mass is 9.86. The number of piperidine rings is 1. The van der Waals surface area contributed by atoms with Crippen molar-refractivity contribution in [3.8, 4) is 11.1 Å². The van der Waals surface area contributed by atoms with Crippen LogP contribution in [0.1, 0.15) is 76.7 Å². The molecule has 2 amide bonds. The molecule has 3 aromatic carbocycles. The van der Waals surface area contributed by atoms with E-state index >= 15 is 0 Å². The van der Waals surface area contributed by atoms with E-state index in [4.69, 9.17) is 0 Å². The van der Waals surface area contributed by atoms with Gasteiger partial charge in [-0.25, -0.2) is 8.78 Å². The molecule has 232 valence electrons. The van der Waals surface area contributed by atoms with Crippen LogP contribution < -0.4 is 4.90 Å². The fraction of sp³-hybridized carbons (Fsp3) is 0.361. The average molecular weight is 610 g/mol. The lowest BCUT2D eigenvalue weighted by Crippen LogP contribution is -2.38. The molecule has 0 spiro atoms. The Morgan fingerprint density at radius 1 is 0.911 bits per heavy atom. The first-order chi connectivity index (χ1) is 21.8. The quantitative estimate of drug-likeness (QED) is 0.245. The van der Waals surface area contributed by atoms with Crippen molar-refractivity contribution >= 4 is 23.2 Å². The zero-order valence-corrected chi connectivity index (χ0v) is 25.7. The number of hydrogen-bond acceptors (Lipinski definition) is 4. The Kier molecular flexibility index (Phi) is 7.63. The van der Waals surface area contributed by atoms with E-state index in [1.54, 1.807) is 37.1 Å². The lowest BCUT2D eigenvalue weighted by molar-refractivity contribution is -0.129. The van der Waals surface area contributed by atoms with E-state index in [9.17, 15) is 18.4 Å². The van der Waals surface area contributed by atoms with E-state index in [0.717, 1.165) is 53.7 Å². The number of nitrogens with zero attached hydrogens (tertiary/aromatic N) is 5. The van der Waals surface area contributed by atoms with E-state index in [1.165, 1.54) is 5.56 Å². The van der Waals surface area contributed by atoms with Crippen LogP contribution in [0.15, 0.2) is 67.0 Å². The van der Waals surface area contributed by atoms with Crippen LogP contribution in [-0.4, -0.2) is 51.0 Å². The molecule has 0 unspecified atom stereocenters. The van der Waals surface area contributed by atoms with Crippen LogP contribution in [0.5, 0.6) is 0 Å². The fourth-order valence-corrected chi connectivity index (χ4v) is 7.28. The number of aryl methyl sites for hydroxylation is 2. The molecule has 45 heavy (non-hydrogen) atoms. The second kappa shape index (κ2) is 11.8. The Hall–Kier alpha value is -4.53. The first kappa shape index (κ1) is 29.2. The van der Waals surface area contributed by atoms with Crippen LogP contribution in [0.25, 0.3) is 11.1 Å². The molecule has 7 rings (SSSR count). The first-order valence-electron chi connectivity index (χ1n) is 15.7. The number of amides is 2. The molecule has 7 nitrogen and oxygen atoms in total. The molecule has 0 bridgehead atoms. The van der Waals surface area contributed by atoms with Gasteiger partial charge in [0.1, 0.15) is 0 Å². The van der Waals surface area contributed by atoms with E-state index in [0.29, 0.717) is 49.4 Å². The number of carbonyl (C=O) groups excluding carboxylic acids is 2. The predicted octanol–water partition coefficient (Wildman–Crippen LogP) is 6.99. The summed E-state index contributed by atoms with van der Waals surface area (Å²) in [5, 5.41) is 4.22. The van der Waals surface area contributed by atoms with Crippen molar-refractivity contribution < 1.29 is 18.4 Å². The van der Waals surface area contributed by atoms with E-state index in [-0.39, 0.29) is 23.3 Å². The molecule has 1 saturated heterocycles. The maximum absolute atomic E-state index is 14.6. The smallest absolute Gasteiger partial charge is 0.264 e. The van der Waals surface area contributed by atoms with Crippen molar-refractivity contribution in [3.05, 3.63) is 100 Å². The highest BCUT2D eigenvalue weighted by Crippen LogP contribution is 2.45. The Bertz CT molecular complexity index is 1760. The minimum atomic E-state index is -2.64. The van der Waals surface area contributed by atoms with Crippen LogP contribution in [0.4, 0.5) is 20.2 Å². The number of benzene rings is 3. The maximum atomic E-state index is 14.6. The maximum Gasteiger partial charge on any atom is 0.264 e. The standard InChI is InChI=1S/C36H37F2N5O2/c1-23(44)42-21-28-15-27(24-10-13-41(14-11-24)36(45)25-7-4-3-5-8-25)17-34(32(28)22-42)43-12-6-9-26-16-30(29-19-39-40(2)20-29)31(35(37)38)18-33(26)43/h3-5,7-8,15-20,24,35H,6,9-14,21-22H2,1-2H3. The topological polar surface area (TPSA) is 61.7 Å². The van der Waals surface area contributed by atoms with Gasteiger partial charge in [-0.05, 0) is 84.2 Å². The summed E-state index contributed by atoms with van der Waals surface area (Å²) in [7, 11) is 1.79. The number of fused-ring (bicyclic) bond motifs is 2. The Morgan fingerprint density at radius 2 is 1.69 bits per heavy atom. The largest absolute Gasteiger partial charge is 0.341 e.